The minimum atomic E-state index is -0.726. The molecule has 3 aromatic rings. The number of carbonyl (C=O) groups excluding carboxylic acids is 1. The van der Waals surface area contributed by atoms with Gasteiger partial charge in [0.2, 0.25) is 5.95 Å². The lowest BCUT2D eigenvalue weighted by atomic mass is 10.1. The molecule has 140 valence electrons. The second kappa shape index (κ2) is 7.13. The molecule has 0 saturated carbocycles. The highest BCUT2D eigenvalue weighted by Crippen LogP contribution is 2.22. The zero-order valence-corrected chi connectivity index (χ0v) is 14.3. The van der Waals surface area contributed by atoms with Gasteiger partial charge in [-0.25, -0.2) is 0 Å². The Labute approximate surface area is 153 Å². The number of hydrogen-bond donors (Lipinski definition) is 5. The Balaban J connectivity index is 1.61. The first-order chi connectivity index (χ1) is 13.1. The molecule has 1 aliphatic rings. The van der Waals surface area contributed by atoms with Crippen LogP contribution in [0.4, 0.5) is 17.5 Å². The molecule has 1 fully saturated rings. The van der Waals surface area contributed by atoms with Gasteiger partial charge in [-0.2, -0.15) is 10.1 Å². The Hall–Kier alpha value is -3.31. The van der Waals surface area contributed by atoms with E-state index in [-0.39, 0.29) is 29.5 Å². The zero-order valence-electron chi connectivity index (χ0n) is 14.3. The lowest BCUT2D eigenvalue weighted by Gasteiger charge is -2.29. The summed E-state index contributed by atoms with van der Waals surface area (Å²) in [6, 6.07) is 5.33. The van der Waals surface area contributed by atoms with Gasteiger partial charge in [-0.05, 0) is 24.6 Å². The molecule has 11 heteroatoms. The maximum atomic E-state index is 11.7. The van der Waals surface area contributed by atoms with E-state index in [1.165, 1.54) is 0 Å². The number of carbonyl (C=O) groups is 1. The van der Waals surface area contributed by atoms with Crippen LogP contribution in [0.5, 0.6) is 0 Å². The molecule has 1 amide bonds. The van der Waals surface area contributed by atoms with Crippen molar-refractivity contribution >= 4 is 34.3 Å². The molecule has 7 N–H and O–H groups in total. The van der Waals surface area contributed by atoms with Crippen LogP contribution in [0.15, 0.2) is 24.4 Å². The van der Waals surface area contributed by atoms with Crippen molar-refractivity contribution in [2.75, 3.05) is 23.8 Å². The molecule has 0 bridgehead atoms. The molecular formula is C16H19N9O2. The summed E-state index contributed by atoms with van der Waals surface area (Å²) in [6.07, 6.45) is 2.43. The molecule has 4 rings (SSSR count). The fourth-order valence-corrected chi connectivity index (χ4v) is 2.90. The molecule has 1 aromatic carbocycles. The van der Waals surface area contributed by atoms with E-state index in [0.29, 0.717) is 18.9 Å². The number of nitrogens with two attached hydrogens (primary N) is 2. The maximum Gasteiger partial charge on any atom is 0.273 e. The lowest BCUT2D eigenvalue weighted by Crippen LogP contribution is -2.48. The number of fused-ring (bicyclic) bond motifs is 1. The first-order valence-electron chi connectivity index (χ1n) is 8.44. The highest BCUT2D eigenvalue weighted by Gasteiger charge is 2.24. The second-order valence-corrected chi connectivity index (χ2v) is 6.27. The van der Waals surface area contributed by atoms with Crippen LogP contribution in [0, 0.1) is 0 Å². The van der Waals surface area contributed by atoms with E-state index in [9.17, 15) is 4.79 Å². The van der Waals surface area contributed by atoms with E-state index in [2.05, 4.69) is 36.0 Å². The Morgan fingerprint density at radius 1 is 1.33 bits per heavy atom. The summed E-state index contributed by atoms with van der Waals surface area (Å²) in [4.78, 5) is 16.1. The fraction of sp³-hybridized carbons (Fsp3) is 0.312. The third kappa shape index (κ3) is 3.64. The fourth-order valence-electron chi connectivity index (χ4n) is 2.90. The Bertz CT molecular complexity index is 973. The van der Waals surface area contributed by atoms with Gasteiger partial charge in [0, 0.05) is 29.8 Å². The lowest BCUT2D eigenvalue weighted by molar-refractivity contribution is 0.0751. The third-order valence-electron chi connectivity index (χ3n) is 4.34. The maximum absolute atomic E-state index is 11.7. The topological polar surface area (TPSA) is 170 Å². The minimum Gasteiger partial charge on any atom is -0.380 e. The van der Waals surface area contributed by atoms with Gasteiger partial charge in [-0.3, -0.25) is 9.89 Å². The van der Waals surface area contributed by atoms with Gasteiger partial charge in [0.1, 0.15) is 0 Å². The highest BCUT2D eigenvalue weighted by molar-refractivity contribution is 5.96. The molecule has 1 aliphatic heterocycles. The monoisotopic (exact) mass is 369 g/mol. The molecule has 2 atom stereocenters. The van der Waals surface area contributed by atoms with E-state index >= 15 is 0 Å². The van der Waals surface area contributed by atoms with E-state index in [0.717, 1.165) is 17.3 Å². The Kier molecular flexibility index (Phi) is 4.52. The van der Waals surface area contributed by atoms with Gasteiger partial charge in [0.25, 0.3) is 5.91 Å². The van der Waals surface area contributed by atoms with E-state index in [4.69, 9.17) is 16.2 Å². The second-order valence-electron chi connectivity index (χ2n) is 6.27. The average molecular weight is 369 g/mol. The number of aromatic amines is 1. The van der Waals surface area contributed by atoms with Gasteiger partial charge in [0.05, 0.1) is 18.3 Å². The van der Waals surface area contributed by atoms with Crippen molar-refractivity contribution in [3.05, 3.63) is 30.1 Å². The highest BCUT2D eigenvalue weighted by atomic mass is 16.5. The van der Waals surface area contributed by atoms with Gasteiger partial charge < -0.3 is 26.8 Å². The van der Waals surface area contributed by atoms with E-state index in [1.54, 1.807) is 6.20 Å². The van der Waals surface area contributed by atoms with Gasteiger partial charge in [0.15, 0.2) is 11.5 Å². The molecule has 1 saturated heterocycles. The summed E-state index contributed by atoms with van der Waals surface area (Å²) in [5.74, 6) is -0.256. The van der Waals surface area contributed by atoms with Crippen molar-refractivity contribution < 1.29 is 9.53 Å². The van der Waals surface area contributed by atoms with Crippen LogP contribution < -0.4 is 22.1 Å². The molecule has 0 aliphatic carbocycles. The van der Waals surface area contributed by atoms with Crippen LogP contribution in [0.1, 0.15) is 16.9 Å². The van der Waals surface area contributed by atoms with Crippen LogP contribution in [-0.4, -0.2) is 56.6 Å². The van der Waals surface area contributed by atoms with Crippen LogP contribution in [-0.2, 0) is 4.74 Å². The van der Waals surface area contributed by atoms with Gasteiger partial charge in [-0.1, -0.05) is 0 Å². The van der Waals surface area contributed by atoms with E-state index < -0.39 is 5.91 Å². The summed E-state index contributed by atoms with van der Waals surface area (Å²) in [6.45, 7) is 1.06. The first-order valence-corrected chi connectivity index (χ1v) is 8.44. The summed E-state index contributed by atoms with van der Waals surface area (Å²) >= 11 is 0. The van der Waals surface area contributed by atoms with Crippen LogP contribution in [0.25, 0.3) is 10.9 Å². The summed E-state index contributed by atoms with van der Waals surface area (Å²) < 4.78 is 5.33. The normalized spacial score (nSPS) is 19.7. The number of nitrogens with zero attached hydrogens (tertiary/aromatic N) is 4. The minimum absolute atomic E-state index is 0.0462. The average Bonchev–Trinajstić information content (AvgIpc) is 3.11. The predicted molar refractivity (Wildman–Crippen MR) is 98.5 cm³/mol. The van der Waals surface area contributed by atoms with Crippen molar-refractivity contribution in [3.63, 3.8) is 0 Å². The molecule has 0 radical (unpaired) electrons. The van der Waals surface area contributed by atoms with Crippen molar-refractivity contribution in [3.8, 4) is 0 Å². The summed E-state index contributed by atoms with van der Waals surface area (Å²) in [5.41, 5.74) is 13.0. The zero-order chi connectivity index (χ0) is 18.8. The van der Waals surface area contributed by atoms with Crippen LogP contribution in [0.3, 0.4) is 0 Å². The van der Waals surface area contributed by atoms with Gasteiger partial charge >= 0.3 is 0 Å². The van der Waals surface area contributed by atoms with E-state index in [1.807, 2.05) is 18.2 Å². The number of hydrogen-bond acceptors (Lipinski definition) is 9. The number of amides is 1. The third-order valence-corrected chi connectivity index (χ3v) is 4.34. The van der Waals surface area contributed by atoms with Gasteiger partial charge in [-0.15, -0.1) is 10.2 Å². The molecule has 27 heavy (non-hydrogen) atoms. The molecule has 2 aromatic heterocycles. The SMILES string of the molecule is NC(=O)c1nnc(N[C@@H]2CCOC[C@@H]2N)nc1Nc1ccc2[nH]ncc2c1. The molecule has 3 heterocycles. The molecule has 0 unspecified atom stereocenters. The molecule has 0 spiro atoms. The number of aromatic nitrogens is 5. The largest absolute Gasteiger partial charge is 0.380 e. The number of nitrogens with one attached hydrogen (secondary N) is 3. The van der Waals surface area contributed by atoms with Crippen LogP contribution >= 0.6 is 0 Å². The number of anilines is 3. The number of H-pyrrole nitrogens is 1. The van der Waals surface area contributed by atoms with Crippen molar-refractivity contribution in [1.29, 1.82) is 0 Å². The number of benzene rings is 1. The van der Waals surface area contributed by atoms with Crippen molar-refractivity contribution in [2.24, 2.45) is 11.5 Å². The standard InChI is InChI=1S/C16H19N9O2/c17-10-7-27-4-3-12(10)21-16-22-15(13(14(18)26)24-25-16)20-9-1-2-11-8(5-9)6-19-23-11/h1-2,5-6,10,12H,3-4,7,17H2,(H2,18,26)(H,19,23)(H2,20,21,22,25)/t10-,12+/m0/s1. The quantitative estimate of drug-likeness (QED) is 0.419. The Morgan fingerprint density at radius 2 is 2.22 bits per heavy atom. The number of rotatable bonds is 5. The number of primary amides is 1. The Morgan fingerprint density at radius 3 is 3.04 bits per heavy atom. The van der Waals surface area contributed by atoms with Crippen LogP contribution in [0.2, 0.25) is 0 Å². The number of ether oxygens (including phenoxy) is 1. The summed E-state index contributed by atoms with van der Waals surface area (Å²) in [7, 11) is 0. The molecule has 11 nitrogen and oxygen atoms in total. The summed E-state index contributed by atoms with van der Waals surface area (Å²) in [5, 5.41) is 21.9. The smallest absolute Gasteiger partial charge is 0.273 e. The van der Waals surface area contributed by atoms with Crippen molar-refractivity contribution in [1.82, 2.24) is 25.4 Å². The predicted octanol–water partition coefficient (Wildman–Crippen LogP) is 0.118. The first kappa shape index (κ1) is 17.1. The molecular weight excluding hydrogens is 350 g/mol. The van der Waals surface area contributed by atoms with Crippen molar-refractivity contribution in [2.45, 2.75) is 18.5 Å².